The molecule has 3 heteroatoms. The first-order chi connectivity index (χ1) is 12.7. The number of hydrogen-bond donors (Lipinski definition) is 2. The van der Waals surface area contributed by atoms with Crippen molar-refractivity contribution in [3.8, 4) is 0 Å². The number of fused-ring (bicyclic) bond motifs is 2. The van der Waals surface area contributed by atoms with Gasteiger partial charge in [-0.3, -0.25) is 4.79 Å². The molecule has 2 spiro atoms. The summed E-state index contributed by atoms with van der Waals surface area (Å²) in [5, 5.41) is 14.4. The maximum absolute atomic E-state index is 12.5. The molecule has 2 N–H and O–H groups in total. The van der Waals surface area contributed by atoms with E-state index in [2.05, 4.69) is 32.8 Å². The number of nitrogens with one attached hydrogen (secondary N) is 1. The SMILES string of the molecule is C=C1[C@@H](NC)CC[C@]23C[C@]24CC[C@]2(C)[C@@H](C(C)=O)[C@H](O)C[C@@]2(C)[C@@H]4CC[C@@H]13. The summed E-state index contributed by atoms with van der Waals surface area (Å²) in [4.78, 5) is 12.5. The number of hydrogen-bond acceptors (Lipinski definition) is 3. The van der Waals surface area contributed by atoms with Crippen LogP contribution in [0.25, 0.3) is 0 Å². The molecule has 5 fully saturated rings. The predicted molar refractivity (Wildman–Crippen MR) is 107 cm³/mol. The topological polar surface area (TPSA) is 49.3 Å². The summed E-state index contributed by atoms with van der Waals surface area (Å²) in [7, 11) is 2.08. The van der Waals surface area contributed by atoms with E-state index in [-0.39, 0.29) is 22.5 Å². The van der Waals surface area contributed by atoms with E-state index in [0.717, 1.165) is 12.8 Å². The molecule has 3 nitrogen and oxygen atoms in total. The Bertz CT molecular complexity index is 717. The Morgan fingerprint density at radius 2 is 1.85 bits per heavy atom. The lowest BCUT2D eigenvalue weighted by Crippen LogP contribution is -2.55. The molecule has 150 valence electrons. The molecule has 5 aliphatic carbocycles. The number of aliphatic hydroxyl groups excluding tert-OH is 1. The van der Waals surface area contributed by atoms with E-state index in [1.807, 2.05) is 0 Å². The summed E-state index contributed by atoms with van der Waals surface area (Å²) >= 11 is 0. The lowest BCUT2D eigenvalue weighted by atomic mass is 9.43. The predicted octanol–water partition coefficient (Wildman–Crippen LogP) is 4.10. The Labute approximate surface area is 164 Å². The van der Waals surface area contributed by atoms with E-state index >= 15 is 0 Å². The van der Waals surface area contributed by atoms with E-state index in [0.29, 0.717) is 28.7 Å². The molecule has 0 amide bonds. The highest BCUT2D eigenvalue weighted by Gasteiger charge is 2.81. The molecule has 9 atom stereocenters. The van der Waals surface area contributed by atoms with Gasteiger partial charge in [0.05, 0.1) is 6.10 Å². The number of rotatable bonds is 2. The molecule has 0 saturated heterocycles. The summed E-state index contributed by atoms with van der Waals surface area (Å²) in [5.41, 5.74) is 2.45. The van der Waals surface area contributed by atoms with Gasteiger partial charge in [0.1, 0.15) is 5.78 Å². The monoisotopic (exact) mass is 371 g/mol. The van der Waals surface area contributed by atoms with Crippen LogP contribution in [0.15, 0.2) is 12.2 Å². The van der Waals surface area contributed by atoms with Crippen LogP contribution in [0, 0.1) is 39.4 Å². The second-order valence-electron chi connectivity index (χ2n) is 11.3. The van der Waals surface area contributed by atoms with Crippen molar-refractivity contribution in [2.45, 2.75) is 84.3 Å². The second kappa shape index (κ2) is 5.27. The van der Waals surface area contributed by atoms with Gasteiger partial charge in [-0.25, -0.2) is 0 Å². The second-order valence-corrected chi connectivity index (χ2v) is 11.3. The Morgan fingerprint density at radius 1 is 1.11 bits per heavy atom. The van der Waals surface area contributed by atoms with Gasteiger partial charge in [-0.05, 0) is 98.8 Å². The summed E-state index contributed by atoms with van der Waals surface area (Å²) in [6.07, 6.45) is 9.19. The molecule has 0 aromatic heterocycles. The molecule has 0 radical (unpaired) electrons. The lowest BCUT2D eigenvalue weighted by molar-refractivity contribution is -0.141. The van der Waals surface area contributed by atoms with Gasteiger partial charge >= 0.3 is 0 Å². The third kappa shape index (κ3) is 1.85. The summed E-state index contributed by atoms with van der Waals surface area (Å²) in [6.45, 7) is 11.0. The van der Waals surface area contributed by atoms with Crippen LogP contribution in [0.3, 0.4) is 0 Å². The fourth-order valence-corrected chi connectivity index (χ4v) is 9.75. The summed E-state index contributed by atoms with van der Waals surface area (Å²) < 4.78 is 0. The van der Waals surface area contributed by atoms with Crippen molar-refractivity contribution in [2.75, 3.05) is 7.05 Å². The van der Waals surface area contributed by atoms with Crippen molar-refractivity contribution in [3.05, 3.63) is 12.2 Å². The fourth-order valence-electron chi connectivity index (χ4n) is 9.75. The van der Waals surface area contributed by atoms with Crippen molar-refractivity contribution in [2.24, 2.45) is 39.4 Å². The van der Waals surface area contributed by atoms with E-state index in [4.69, 9.17) is 0 Å². The van der Waals surface area contributed by atoms with Crippen LogP contribution in [-0.4, -0.2) is 30.1 Å². The minimum Gasteiger partial charge on any atom is -0.392 e. The van der Waals surface area contributed by atoms with Gasteiger partial charge in [0.25, 0.3) is 0 Å². The van der Waals surface area contributed by atoms with E-state index in [1.165, 1.54) is 44.1 Å². The van der Waals surface area contributed by atoms with Crippen LogP contribution in [-0.2, 0) is 4.79 Å². The Balaban J connectivity index is 1.53. The van der Waals surface area contributed by atoms with Gasteiger partial charge in [0, 0.05) is 12.0 Å². The van der Waals surface area contributed by atoms with Gasteiger partial charge in [-0.2, -0.15) is 0 Å². The Hall–Kier alpha value is -0.670. The standard InChI is InChI=1S/C24H37NO2/c1-14-16-6-7-19-22(4)12-18(27)20(15(2)26)21(22,3)10-11-24(19)13-23(16,24)9-8-17(14)25-5/h16-20,25,27H,1,6-13H2,2-5H3/t16-,17-,18+,19-,20-,21+,22-,23+,24-/m0/s1. The molecule has 0 unspecified atom stereocenters. The van der Waals surface area contributed by atoms with Crippen LogP contribution in [0.5, 0.6) is 0 Å². The number of aliphatic hydroxyl groups is 1. The average molecular weight is 372 g/mol. The number of carbonyl (C=O) groups excluding carboxylic acids is 1. The molecule has 5 aliphatic rings. The smallest absolute Gasteiger partial charge is 0.136 e. The first-order valence-electron chi connectivity index (χ1n) is 11.2. The molecule has 5 rings (SSSR count). The van der Waals surface area contributed by atoms with Gasteiger partial charge in [0.15, 0.2) is 0 Å². The molecule has 27 heavy (non-hydrogen) atoms. The Kier molecular flexibility index (Phi) is 3.59. The van der Waals surface area contributed by atoms with Crippen LogP contribution < -0.4 is 5.32 Å². The van der Waals surface area contributed by atoms with Crippen LogP contribution in [0.2, 0.25) is 0 Å². The van der Waals surface area contributed by atoms with Gasteiger partial charge in [0.2, 0.25) is 0 Å². The zero-order valence-corrected chi connectivity index (χ0v) is 17.6. The van der Waals surface area contributed by atoms with Gasteiger partial charge < -0.3 is 10.4 Å². The van der Waals surface area contributed by atoms with Crippen LogP contribution in [0.4, 0.5) is 0 Å². The number of likely N-dealkylation sites (N-methyl/N-ethyl adjacent to an activating group) is 1. The van der Waals surface area contributed by atoms with Crippen molar-refractivity contribution >= 4 is 5.78 Å². The zero-order chi connectivity index (χ0) is 19.4. The molecule has 0 heterocycles. The minimum absolute atomic E-state index is 0.0377. The summed E-state index contributed by atoms with van der Waals surface area (Å²) in [6, 6.07) is 0.495. The normalized spacial score (nSPS) is 58.7. The van der Waals surface area contributed by atoms with Gasteiger partial charge in [-0.15, -0.1) is 0 Å². The Morgan fingerprint density at radius 3 is 2.52 bits per heavy atom. The molecular weight excluding hydrogens is 334 g/mol. The number of ketones is 1. The fraction of sp³-hybridized carbons (Fsp3) is 0.875. The van der Waals surface area contributed by atoms with E-state index < -0.39 is 6.10 Å². The zero-order valence-electron chi connectivity index (χ0n) is 17.6. The largest absolute Gasteiger partial charge is 0.392 e. The van der Waals surface area contributed by atoms with E-state index in [1.54, 1.807) is 6.92 Å². The summed E-state index contributed by atoms with van der Waals surface area (Å²) in [5.74, 6) is 1.38. The minimum atomic E-state index is -0.449. The van der Waals surface area contributed by atoms with E-state index in [9.17, 15) is 9.90 Å². The molecule has 5 saturated carbocycles. The molecule has 0 aliphatic heterocycles. The van der Waals surface area contributed by atoms with Crippen LogP contribution >= 0.6 is 0 Å². The highest BCUT2D eigenvalue weighted by Crippen LogP contribution is 2.87. The third-order valence-electron chi connectivity index (χ3n) is 11.0. The van der Waals surface area contributed by atoms with Gasteiger partial charge in [-0.1, -0.05) is 26.0 Å². The highest BCUT2D eigenvalue weighted by atomic mass is 16.3. The number of Topliss-reactive ketones (excluding diaryl/α,β-unsaturated/α-hetero) is 1. The number of carbonyl (C=O) groups is 1. The highest BCUT2D eigenvalue weighted by molar-refractivity contribution is 5.80. The third-order valence-corrected chi connectivity index (χ3v) is 11.0. The maximum Gasteiger partial charge on any atom is 0.136 e. The molecular formula is C24H37NO2. The molecule has 0 bridgehead atoms. The van der Waals surface area contributed by atoms with Crippen molar-refractivity contribution in [3.63, 3.8) is 0 Å². The first-order valence-corrected chi connectivity index (χ1v) is 11.2. The first kappa shape index (κ1) is 18.4. The van der Waals surface area contributed by atoms with Crippen LogP contribution in [0.1, 0.15) is 72.1 Å². The van der Waals surface area contributed by atoms with Crippen molar-refractivity contribution in [1.29, 1.82) is 0 Å². The van der Waals surface area contributed by atoms with Crippen molar-refractivity contribution in [1.82, 2.24) is 5.32 Å². The van der Waals surface area contributed by atoms with Crippen molar-refractivity contribution < 1.29 is 9.90 Å². The lowest BCUT2D eigenvalue weighted by Gasteiger charge is -2.61. The quantitative estimate of drug-likeness (QED) is 0.719. The molecule has 0 aromatic rings. The molecule has 0 aromatic carbocycles. The maximum atomic E-state index is 12.5. The average Bonchev–Trinajstić information content (AvgIpc) is 3.20.